The van der Waals surface area contributed by atoms with Crippen LogP contribution in [0.3, 0.4) is 0 Å². The number of primary amides is 1. The lowest BCUT2D eigenvalue weighted by atomic mass is 10.2. The van der Waals surface area contributed by atoms with Crippen molar-refractivity contribution in [3.63, 3.8) is 0 Å². The topological polar surface area (TPSA) is 127 Å². The fourth-order valence-electron chi connectivity index (χ4n) is 1.44. The summed E-state index contributed by atoms with van der Waals surface area (Å²) in [6.45, 7) is 0. The third kappa shape index (κ3) is 2.80. The van der Waals surface area contributed by atoms with Gasteiger partial charge in [0.1, 0.15) is 0 Å². The van der Waals surface area contributed by atoms with Crippen molar-refractivity contribution < 1.29 is 24.6 Å². The Morgan fingerprint density at radius 2 is 1.60 bits per heavy atom. The van der Waals surface area contributed by atoms with Crippen molar-refractivity contribution in [2.45, 2.75) is 0 Å². The predicted octanol–water partition coefficient (Wildman–Crippen LogP) is 0.659. The number of hydrogen-bond acceptors (Lipinski definition) is 5. The molecule has 0 radical (unpaired) electrons. The number of nitrogens with zero attached hydrogens (tertiary/aromatic N) is 1. The molecule has 8 nitrogen and oxygen atoms in total. The van der Waals surface area contributed by atoms with Crippen molar-refractivity contribution in [3.8, 4) is 11.8 Å². The summed E-state index contributed by atoms with van der Waals surface area (Å²) in [4.78, 5) is 27.1. The van der Waals surface area contributed by atoms with E-state index in [2.05, 4.69) is 10.2 Å². The first-order chi connectivity index (χ1) is 9.47. The fraction of sp³-hybridized carbons (Fsp3) is 0. The molecule has 1 aromatic carbocycles. The van der Waals surface area contributed by atoms with E-state index >= 15 is 0 Å². The van der Waals surface area contributed by atoms with Gasteiger partial charge in [-0.15, -0.1) is 4.73 Å². The summed E-state index contributed by atoms with van der Waals surface area (Å²) in [7, 11) is 0. The van der Waals surface area contributed by atoms with Gasteiger partial charge in [-0.1, -0.05) is 0 Å². The molecule has 5 N–H and O–H groups in total. The molecule has 1 heterocycles. The number of benzene rings is 1. The third-order valence-electron chi connectivity index (χ3n) is 2.39. The molecule has 2 amide bonds. The normalized spacial score (nSPS) is 10.0. The molecule has 2 rings (SSSR count). The summed E-state index contributed by atoms with van der Waals surface area (Å²) in [5.41, 5.74) is 5.73. The standard InChI is InChI=1S/C12H11N3O5/c13-11(18)7-1-3-8(4-2-7)14-12(19)20-15-9(16)5-6-10(15)17/h1-6,16-17H,(H2,13,18)(H,14,19). The molecule has 0 atom stereocenters. The van der Waals surface area contributed by atoms with E-state index in [1.807, 2.05) is 0 Å². The van der Waals surface area contributed by atoms with E-state index in [9.17, 15) is 19.8 Å². The number of hydrogen-bond donors (Lipinski definition) is 4. The number of nitrogens with one attached hydrogen (secondary N) is 1. The van der Waals surface area contributed by atoms with Gasteiger partial charge in [0.2, 0.25) is 17.7 Å². The maximum absolute atomic E-state index is 11.5. The highest BCUT2D eigenvalue weighted by Gasteiger charge is 2.12. The molecule has 0 aliphatic rings. The first-order valence-electron chi connectivity index (χ1n) is 5.46. The smallest absolute Gasteiger partial charge is 0.436 e. The van der Waals surface area contributed by atoms with Gasteiger partial charge in [-0.3, -0.25) is 10.1 Å². The van der Waals surface area contributed by atoms with Crippen molar-refractivity contribution in [1.82, 2.24) is 4.73 Å². The van der Waals surface area contributed by atoms with Crippen LogP contribution >= 0.6 is 0 Å². The molecule has 0 bridgehead atoms. The zero-order valence-electron chi connectivity index (χ0n) is 10.1. The number of carbonyl (C=O) groups excluding carboxylic acids is 2. The molecule has 0 saturated carbocycles. The lowest BCUT2D eigenvalue weighted by Crippen LogP contribution is -2.24. The van der Waals surface area contributed by atoms with E-state index in [1.54, 1.807) is 0 Å². The molecule has 2 aromatic rings. The highest BCUT2D eigenvalue weighted by Crippen LogP contribution is 2.19. The van der Waals surface area contributed by atoms with Gasteiger partial charge in [0.15, 0.2) is 0 Å². The van der Waals surface area contributed by atoms with Crippen molar-refractivity contribution >= 4 is 17.7 Å². The second-order valence-electron chi connectivity index (χ2n) is 3.79. The summed E-state index contributed by atoms with van der Waals surface area (Å²) in [5.74, 6) is -1.44. The first-order valence-corrected chi connectivity index (χ1v) is 5.46. The molecule has 1 aromatic heterocycles. The molecule has 0 spiro atoms. The Bertz CT molecular complexity index is 628. The van der Waals surface area contributed by atoms with Gasteiger partial charge in [-0.25, -0.2) is 4.79 Å². The van der Waals surface area contributed by atoms with Crippen LogP contribution in [0.1, 0.15) is 10.4 Å². The molecule has 20 heavy (non-hydrogen) atoms. The summed E-state index contributed by atoms with van der Waals surface area (Å²) in [6.07, 6.45) is -0.932. The van der Waals surface area contributed by atoms with Gasteiger partial charge >= 0.3 is 6.09 Å². The zero-order chi connectivity index (χ0) is 14.7. The number of nitrogens with two attached hydrogens (primary N) is 1. The SMILES string of the molecule is NC(=O)c1ccc(NC(=O)On2c(O)ccc2O)cc1. The molecule has 0 aliphatic heterocycles. The molecule has 8 heteroatoms. The van der Waals surface area contributed by atoms with E-state index in [4.69, 9.17) is 5.73 Å². The molecule has 0 saturated heterocycles. The Hall–Kier alpha value is -3.16. The minimum atomic E-state index is -0.932. The number of aromatic nitrogens is 1. The minimum Gasteiger partial charge on any atom is -0.492 e. The monoisotopic (exact) mass is 277 g/mol. The summed E-state index contributed by atoms with van der Waals surface area (Å²) >= 11 is 0. The fourth-order valence-corrected chi connectivity index (χ4v) is 1.44. The lowest BCUT2D eigenvalue weighted by Gasteiger charge is -2.08. The van der Waals surface area contributed by atoms with Crippen LogP contribution < -0.4 is 15.9 Å². The van der Waals surface area contributed by atoms with Crippen LogP contribution in [0.5, 0.6) is 11.8 Å². The van der Waals surface area contributed by atoms with Crippen molar-refractivity contribution in [1.29, 1.82) is 0 Å². The van der Waals surface area contributed by atoms with Gasteiger partial charge in [0.25, 0.3) is 0 Å². The van der Waals surface area contributed by atoms with Gasteiger partial charge in [-0.2, -0.15) is 0 Å². The Labute approximate surface area is 113 Å². The van der Waals surface area contributed by atoms with Gasteiger partial charge < -0.3 is 20.8 Å². The number of rotatable bonds is 3. The lowest BCUT2D eigenvalue weighted by molar-refractivity contribution is 0.100. The Balaban J connectivity index is 2.03. The van der Waals surface area contributed by atoms with Crippen LogP contribution in [0.2, 0.25) is 0 Å². The second kappa shape index (κ2) is 5.22. The van der Waals surface area contributed by atoms with E-state index in [-0.39, 0.29) is 0 Å². The molecule has 0 unspecified atom stereocenters. The van der Waals surface area contributed by atoms with Crippen LogP contribution in [-0.2, 0) is 0 Å². The Kier molecular flexibility index (Phi) is 3.47. The van der Waals surface area contributed by atoms with E-state index in [0.717, 1.165) is 12.1 Å². The van der Waals surface area contributed by atoms with E-state index in [0.29, 0.717) is 16.0 Å². The summed E-state index contributed by atoms with van der Waals surface area (Å²) in [5, 5.41) is 20.9. The van der Waals surface area contributed by atoms with Gasteiger partial charge in [0.05, 0.1) is 0 Å². The summed E-state index contributed by atoms with van der Waals surface area (Å²) < 4.78 is 0.549. The highest BCUT2D eigenvalue weighted by atomic mass is 16.7. The number of anilines is 1. The maximum Gasteiger partial charge on any atom is 0.436 e. The first kappa shape index (κ1) is 13.3. The highest BCUT2D eigenvalue weighted by molar-refractivity contribution is 5.93. The van der Waals surface area contributed by atoms with Crippen LogP contribution in [-0.4, -0.2) is 26.9 Å². The average molecular weight is 277 g/mol. The quantitative estimate of drug-likeness (QED) is 0.655. The van der Waals surface area contributed by atoms with Crippen molar-refractivity contribution in [3.05, 3.63) is 42.0 Å². The largest absolute Gasteiger partial charge is 0.492 e. The third-order valence-corrected chi connectivity index (χ3v) is 2.39. The second-order valence-corrected chi connectivity index (χ2v) is 3.79. The minimum absolute atomic E-state index is 0.296. The zero-order valence-corrected chi connectivity index (χ0v) is 10.1. The Morgan fingerprint density at radius 3 is 2.10 bits per heavy atom. The molecule has 104 valence electrons. The van der Waals surface area contributed by atoms with Crippen LogP contribution in [0.15, 0.2) is 36.4 Å². The summed E-state index contributed by atoms with van der Waals surface area (Å²) in [6, 6.07) is 8.09. The van der Waals surface area contributed by atoms with Crippen LogP contribution in [0, 0.1) is 0 Å². The molecular weight excluding hydrogens is 266 g/mol. The van der Waals surface area contributed by atoms with Crippen molar-refractivity contribution in [2.24, 2.45) is 5.73 Å². The molecule has 0 fully saturated rings. The predicted molar refractivity (Wildman–Crippen MR) is 68.3 cm³/mol. The maximum atomic E-state index is 11.5. The van der Waals surface area contributed by atoms with Crippen LogP contribution in [0.4, 0.5) is 10.5 Å². The molecule has 0 aliphatic carbocycles. The van der Waals surface area contributed by atoms with E-state index < -0.39 is 23.8 Å². The number of aromatic hydroxyl groups is 2. The van der Waals surface area contributed by atoms with Gasteiger partial charge in [0, 0.05) is 23.4 Å². The van der Waals surface area contributed by atoms with E-state index in [1.165, 1.54) is 24.3 Å². The van der Waals surface area contributed by atoms with Crippen molar-refractivity contribution in [2.75, 3.05) is 5.32 Å². The van der Waals surface area contributed by atoms with Crippen LogP contribution in [0.25, 0.3) is 0 Å². The molecular formula is C12H11N3O5. The average Bonchev–Trinajstić information content (AvgIpc) is 2.71. The Morgan fingerprint density at radius 1 is 1.05 bits per heavy atom. The number of carbonyl (C=O) groups is 2. The number of amides is 2. The van der Waals surface area contributed by atoms with Gasteiger partial charge in [-0.05, 0) is 24.3 Å².